The first-order valence-corrected chi connectivity index (χ1v) is 5.67. The third-order valence-corrected chi connectivity index (χ3v) is 2.16. The van der Waals surface area contributed by atoms with Crippen molar-refractivity contribution >= 4 is 12.1 Å². The van der Waals surface area contributed by atoms with Crippen LogP contribution in [0, 0.1) is 0 Å². The normalized spacial score (nSPS) is 11.7. The number of allylic oxidation sites excluding steroid dienone is 1. The van der Waals surface area contributed by atoms with E-state index in [1.54, 1.807) is 35.6 Å². The van der Waals surface area contributed by atoms with Gasteiger partial charge in [-0.05, 0) is 5.56 Å². The maximum atomic E-state index is 12.2. The van der Waals surface area contributed by atoms with Crippen molar-refractivity contribution in [3.05, 3.63) is 47.7 Å². The molecule has 0 aliphatic rings. The van der Waals surface area contributed by atoms with Gasteiger partial charge in [-0.15, -0.1) is 0 Å². The van der Waals surface area contributed by atoms with Crippen molar-refractivity contribution in [3.8, 4) is 0 Å². The molecule has 114 valence electrons. The Bertz CT molecular complexity index is 526. The monoisotopic (exact) mass is 303 g/mol. The van der Waals surface area contributed by atoms with Gasteiger partial charge in [0.25, 0.3) is 0 Å². The minimum absolute atomic E-state index is 0.146. The Kier molecular flexibility index (Phi) is 5.77. The minimum Gasteiger partial charge on any atom is -0.464 e. The summed E-state index contributed by atoms with van der Waals surface area (Å²) in [6.07, 6.45) is -6.35. The van der Waals surface area contributed by atoms with Crippen molar-refractivity contribution in [2.75, 3.05) is 7.11 Å². The van der Waals surface area contributed by atoms with E-state index in [9.17, 15) is 22.8 Å². The molecule has 0 saturated carbocycles. The summed E-state index contributed by atoms with van der Waals surface area (Å²) >= 11 is 0. The van der Waals surface area contributed by atoms with Gasteiger partial charge in [0.2, 0.25) is 0 Å². The third kappa shape index (κ3) is 6.46. The lowest BCUT2D eigenvalue weighted by Crippen LogP contribution is -2.30. The van der Waals surface area contributed by atoms with E-state index in [0.717, 1.165) is 7.11 Å². The standard InChI is InChI=1S/C13H12F3NO4/c1-20-11(18)10(7-13(14,15)16)17-12(19)21-8-9-5-3-2-4-6-9/h2-7H,8H2,1H3,(H,17,19)/b10-7+. The fraction of sp³-hybridized carbons (Fsp3) is 0.231. The van der Waals surface area contributed by atoms with Gasteiger partial charge in [0.1, 0.15) is 12.3 Å². The Hall–Kier alpha value is -2.51. The van der Waals surface area contributed by atoms with Crippen molar-refractivity contribution in [1.82, 2.24) is 5.32 Å². The largest absolute Gasteiger partial charge is 0.464 e. The van der Waals surface area contributed by atoms with Crippen LogP contribution in [0.25, 0.3) is 0 Å². The summed E-state index contributed by atoms with van der Waals surface area (Å²) in [5, 5.41) is 1.70. The van der Waals surface area contributed by atoms with Crippen LogP contribution in [-0.2, 0) is 20.9 Å². The van der Waals surface area contributed by atoms with E-state index >= 15 is 0 Å². The number of alkyl carbamates (subject to hydrolysis) is 1. The second kappa shape index (κ2) is 7.32. The van der Waals surface area contributed by atoms with Gasteiger partial charge in [-0.25, -0.2) is 9.59 Å². The lowest BCUT2D eigenvalue weighted by molar-refractivity contribution is -0.137. The number of carbonyl (C=O) groups excluding carboxylic acids is 2. The molecule has 0 saturated heterocycles. The highest BCUT2D eigenvalue weighted by Crippen LogP contribution is 2.18. The van der Waals surface area contributed by atoms with Crippen LogP contribution >= 0.6 is 0 Å². The Morgan fingerprint density at radius 2 is 1.86 bits per heavy atom. The van der Waals surface area contributed by atoms with Gasteiger partial charge >= 0.3 is 18.2 Å². The molecule has 8 heteroatoms. The quantitative estimate of drug-likeness (QED) is 0.686. The highest BCUT2D eigenvalue weighted by molar-refractivity contribution is 5.92. The van der Waals surface area contributed by atoms with E-state index in [-0.39, 0.29) is 12.7 Å². The number of nitrogens with one attached hydrogen (secondary N) is 1. The summed E-state index contributed by atoms with van der Waals surface area (Å²) in [4.78, 5) is 22.5. The number of esters is 1. The molecule has 0 aliphatic carbocycles. The van der Waals surface area contributed by atoms with E-state index in [1.807, 2.05) is 0 Å². The molecule has 0 spiro atoms. The number of amides is 1. The van der Waals surface area contributed by atoms with Gasteiger partial charge in [0, 0.05) is 0 Å². The summed E-state index contributed by atoms with van der Waals surface area (Å²) < 4.78 is 45.5. The summed E-state index contributed by atoms with van der Waals surface area (Å²) in [7, 11) is 0.892. The van der Waals surface area contributed by atoms with Crippen LogP contribution in [-0.4, -0.2) is 25.3 Å². The van der Waals surface area contributed by atoms with Gasteiger partial charge in [-0.2, -0.15) is 13.2 Å². The number of halogens is 3. The number of alkyl halides is 3. The zero-order valence-electron chi connectivity index (χ0n) is 10.9. The van der Waals surface area contributed by atoms with Crippen LogP contribution in [0.1, 0.15) is 5.56 Å². The Morgan fingerprint density at radius 3 is 2.38 bits per heavy atom. The van der Waals surface area contributed by atoms with Crippen molar-refractivity contribution in [2.45, 2.75) is 12.8 Å². The zero-order chi connectivity index (χ0) is 15.9. The second-order valence-corrected chi connectivity index (χ2v) is 3.78. The van der Waals surface area contributed by atoms with Crippen molar-refractivity contribution < 1.29 is 32.2 Å². The first kappa shape index (κ1) is 16.5. The predicted octanol–water partition coefficient (Wildman–Crippen LogP) is 2.53. The third-order valence-electron chi connectivity index (χ3n) is 2.16. The Balaban J connectivity index is 2.65. The molecule has 0 atom stereocenters. The second-order valence-electron chi connectivity index (χ2n) is 3.78. The molecule has 1 aromatic carbocycles. The van der Waals surface area contributed by atoms with E-state index in [4.69, 9.17) is 4.74 Å². The first-order chi connectivity index (χ1) is 9.81. The summed E-state index contributed by atoms with van der Waals surface area (Å²) in [6.45, 7) is -0.146. The lowest BCUT2D eigenvalue weighted by atomic mass is 10.2. The summed E-state index contributed by atoms with van der Waals surface area (Å²) in [5.41, 5.74) is -0.407. The topological polar surface area (TPSA) is 64.6 Å². The molecule has 0 aromatic heterocycles. The van der Waals surface area contributed by atoms with Gasteiger partial charge in [-0.1, -0.05) is 30.3 Å². The average molecular weight is 303 g/mol. The van der Waals surface area contributed by atoms with E-state index in [0.29, 0.717) is 5.56 Å². The van der Waals surface area contributed by atoms with Gasteiger partial charge in [-0.3, -0.25) is 5.32 Å². The van der Waals surface area contributed by atoms with Crippen molar-refractivity contribution in [3.63, 3.8) is 0 Å². The molecule has 0 fully saturated rings. The molecule has 21 heavy (non-hydrogen) atoms. The molecule has 1 aromatic rings. The van der Waals surface area contributed by atoms with E-state index in [1.165, 1.54) is 0 Å². The number of rotatable bonds is 4. The molecule has 0 aliphatic heterocycles. The number of ether oxygens (including phenoxy) is 2. The number of carbonyl (C=O) groups is 2. The average Bonchev–Trinajstić information content (AvgIpc) is 2.43. The molecular formula is C13H12F3NO4. The predicted molar refractivity (Wildman–Crippen MR) is 65.9 cm³/mol. The molecule has 5 nitrogen and oxygen atoms in total. The number of benzene rings is 1. The maximum Gasteiger partial charge on any atom is 0.412 e. The highest BCUT2D eigenvalue weighted by atomic mass is 19.4. The Morgan fingerprint density at radius 1 is 1.24 bits per heavy atom. The maximum absolute atomic E-state index is 12.2. The van der Waals surface area contributed by atoms with Crippen LogP contribution < -0.4 is 5.32 Å². The smallest absolute Gasteiger partial charge is 0.412 e. The summed E-state index contributed by atoms with van der Waals surface area (Å²) in [5.74, 6) is -1.33. The minimum atomic E-state index is -4.78. The zero-order valence-corrected chi connectivity index (χ0v) is 10.9. The number of methoxy groups -OCH3 is 1. The molecule has 1 amide bonds. The fourth-order valence-corrected chi connectivity index (χ4v) is 1.29. The number of hydrogen-bond donors (Lipinski definition) is 1. The SMILES string of the molecule is COC(=O)/C(=C\C(F)(F)F)NC(=O)OCc1ccccc1. The van der Waals surface area contributed by atoms with Crippen LogP contribution in [0.15, 0.2) is 42.1 Å². The molecule has 0 heterocycles. The molecule has 1 rings (SSSR count). The van der Waals surface area contributed by atoms with Gasteiger partial charge in [0.05, 0.1) is 13.2 Å². The van der Waals surface area contributed by atoms with Crippen LogP contribution in [0.4, 0.5) is 18.0 Å². The fourth-order valence-electron chi connectivity index (χ4n) is 1.29. The van der Waals surface area contributed by atoms with E-state index < -0.39 is 23.9 Å². The molecule has 0 bridgehead atoms. The van der Waals surface area contributed by atoms with E-state index in [2.05, 4.69) is 4.74 Å². The summed E-state index contributed by atoms with van der Waals surface area (Å²) in [6, 6.07) is 8.51. The molecule has 0 radical (unpaired) electrons. The number of hydrogen-bond acceptors (Lipinski definition) is 4. The van der Waals surface area contributed by atoms with Gasteiger partial charge in [0.15, 0.2) is 0 Å². The van der Waals surface area contributed by atoms with Crippen molar-refractivity contribution in [1.29, 1.82) is 0 Å². The van der Waals surface area contributed by atoms with Crippen molar-refractivity contribution in [2.24, 2.45) is 0 Å². The first-order valence-electron chi connectivity index (χ1n) is 5.67. The molecule has 1 N–H and O–H groups in total. The molecule has 0 unspecified atom stereocenters. The lowest BCUT2D eigenvalue weighted by Gasteiger charge is -2.10. The van der Waals surface area contributed by atoms with Crippen LogP contribution in [0.3, 0.4) is 0 Å². The van der Waals surface area contributed by atoms with Gasteiger partial charge < -0.3 is 9.47 Å². The van der Waals surface area contributed by atoms with Crippen LogP contribution in [0.5, 0.6) is 0 Å². The highest BCUT2D eigenvalue weighted by Gasteiger charge is 2.28. The Labute approximate surface area is 118 Å². The van der Waals surface area contributed by atoms with Crippen LogP contribution in [0.2, 0.25) is 0 Å². The molecular weight excluding hydrogens is 291 g/mol.